The van der Waals surface area contributed by atoms with E-state index in [0.717, 1.165) is 16.7 Å². The molecule has 0 amide bonds. The maximum absolute atomic E-state index is 13.2. The van der Waals surface area contributed by atoms with Crippen molar-refractivity contribution < 1.29 is 4.39 Å². The van der Waals surface area contributed by atoms with Crippen molar-refractivity contribution in [2.75, 3.05) is 0 Å². The van der Waals surface area contributed by atoms with Gasteiger partial charge in [0.2, 0.25) is 0 Å². The molecule has 0 saturated heterocycles. The third-order valence-electron chi connectivity index (χ3n) is 2.74. The van der Waals surface area contributed by atoms with Gasteiger partial charge in [-0.2, -0.15) is 0 Å². The largest absolute Gasteiger partial charge is 0.206 e. The number of rotatable bonds is 2. The molecule has 1 atom stereocenters. The van der Waals surface area contributed by atoms with Crippen LogP contribution in [0.15, 0.2) is 40.9 Å². The summed E-state index contributed by atoms with van der Waals surface area (Å²) in [4.78, 5) is 0. The highest BCUT2D eigenvalue weighted by molar-refractivity contribution is 9.10. The van der Waals surface area contributed by atoms with E-state index in [-0.39, 0.29) is 11.2 Å². The summed E-state index contributed by atoms with van der Waals surface area (Å²) in [5.74, 6) is -0.296. The molecule has 0 spiro atoms. The average Bonchev–Trinajstić information content (AvgIpc) is 2.32. The number of benzene rings is 2. The van der Waals surface area contributed by atoms with E-state index in [1.165, 1.54) is 6.07 Å². The first-order valence-corrected chi connectivity index (χ1v) is 6.95. The van der Waals surface area contributed by atoms with Crippen molar-refractivity contribution in [3.63, 3.8) is 0 Å². The Kier molecular flexibility index (Phi) is 4.31. The van der Waals surface area contributed by atoms with Gasteiger partial charge in [-0.05, 0) is 63.8 Å². The van der Waals surface area contributed by atoms with Crippen molar-refractivity contribution in [3.8, 4) is 0 Å². The zero-order valence-corrected chi connectivity index (χ0v) is 12.7. The normalized spacial score (nSPS) is 12.5. The Balaban J connectivity index is 2.41. The summed E-state index contributed by atoms with van der Waals surface area (Å²) in [5.41, 5.74) is 2.83. The molecule has 0 saturated carbocycles. The van der Waals surface area contributed by atoms with Gasteiger partial charge in [-0.3, -0.25) is 0 Å². The molecule has 18 heavy (non-hydrogen) atoms. The fourth-order valence-corrected chi connectivity index (χ4v) is 2.78. The maximum atomic E-state index is 13.2. The lowest BCUT2D eigenvalue weighted by atomic mass is 10.00. The SMILES string of the molecule is Cc1cc(Cl)ccc1C(Cl)c1ccc(F)c(Br)c1. The number of hydrogen-bond acceptors (Lipinski definition) is 0. The van der Waals surface area contributed by atoms with Gasteiger partial charge in [-0.15, -0.1) is 11.6 Å². The molecule has 2 rings (SSSR count). The first-order valence-electron chi connectivity index (χ1n) is 5.34. The third-order valence-corrected chi connectivity index (χ3v) is 4.07. The molecule has 4 heteroatoms. The van der Waals surface area contributed by atoms with Gasteiger partial charge in [-0.25, -0.2) is 4.39 Å². The quantitative estimate of drug-likeness (QED) is 0.595. The molecule has 0 bridgehead atoms. The van der Waals surface area contributed by atoms with E-state index in [1.807, 2.05) is 19.1 Å². The maximum Gasteiger partial charge on any atom is 0.137 e. The van der Waals surface area contributed by atoms with E-state index in [2.05, 4.69) is 15.9 Å². The molecule has 0 radical (unpaired) electrons. The van der Waals surface area contributed by atoms with E-state index in [0.29, 0.717) is 9.50 Å². The summed E-state index contributed by atoms with van der Waals surface area (Å²) in [6.45, 7) is 1.95. The van der Waals surface area contributed by atoms with E-state index in [9.17, 15) is 4.39 Å². The van der Waals surface area contributed by atoms with Gasteiger partial charge in [0.1, 0.15) is 5.82 Å². The highest BCUT2D eigenvalue weighted by Crippen LogP contribution is 2.33. The molecule has 0 heterocycles. The predicted molar refractivity (Wildman–Crippen MR) is 78.0 cm³/mol. The molecule has 0 aliphatic heterocycles. The summed E-state index contributed by atoms with van der Waals surface area (Å²) in [6.07, 6.45) is 0. The van der Waals surface area contributed by atoms with Crippen molar-refractivity contribution in [3.05, 3.63) is 68.4 Å². The Bertz CT molecular complexity index is 584. The van der Waals surface area contributed by atoms with Crippen LogP contribution in [0.2, 0.25) is 5.02 Å². The minimum Gasteiger partial charge on any atom is -0.206 e. The summed E-state index contributed by atoms with van der Waals surface area (Å²) in [5, 5.41) is 0.361. The van der Waals surface area contributed by atoms with E-state index < -0.39 is 0 Å². The van der Waals surface area contributed by atoms with Crippen LogP contribution in [0.5, 0.6) is 0 Å². The van der Waals surface area contributed by atoms with Crippen LogP contribution in [0.25, 0.3) is 0 Å². The molecule has 0 fully saturated rings. The first kappa shape index (κ1) is 13.9. The lowest BCUT2D eigenvalue weighted by Crippen LogP contribution is -1.97. The monoisotopic (exact) mass is 346 g/mol. The highest BCUT2D eigenvalue weighted by atomic mass is 79.9. The van der Waals surface area contributed by atoms with Crippen molar-refractivity contribution in [1.82, 2.24) is 0 Å². The van der Waals surface area contributed by atoms with Gasteiger partial charge in [0, 0.05) is 5.02 Å². The summed E-state index contributed by atoms with van der Waals surface area (Å²) >= 11 is 15.5. The summed E-state index contributed by atoms with van der Waals surface area (Å²) in [6, 6.07) is 10.3. The smallest absolute Gasteiger partial charge is 0.137 e. The average molecular weight is 348 g/mol. The lowest BCUT2D eigenvalue weighted by molar-refractivity contribution is 0.620. The molecule has 0 aliphatic rings. The third kappa shape index (κ3) is 2.87. The Morgan fingerprint density at radius 1 is 1.17 bits per heavy atom. The molecule has 94 valence electrons. The first-order chi connectivity index (χ1) is 8.49. The summed E-state index contributed by atoms with van der Waals surface area (Å²) in [7, 11) is 0. The van der Waals surface area contributed by atoms with Crippen LogP contribution in [0, 0.1) is 12.7 Å². The van der Waals surface area contributed by atoms with E-state index >= 15 is 0 Å². The Morgan fingerprint density at radius 3 is 2.50 bits per heavy atom. The van der Waals surface area contributed by atoms with Gasteiger partial charge < -0.3 is 0 Å². The number of alkyl halides is 1. The highest BCUT2D eigenvalue weighted by Gasteiger charge is 2.14. The molecular formula is C14H10BrCl2F. The topological polar surface area (TPSA) is 0 Å². The minimum absolute atomic E-state index is 0.296. The van der Waals surface area contributed by atoms with Crippen LogP contribution < -0.4 is 0 Å². The summed E-state index contributed by atoms with van der Waals surface area (Å²) < 4.78 is 13.6. The van der Waals surface area contributed by atoms with E-state index in [1.54, 1.807) is 18.2 Å². The van der Waals surface area contributed by atoms with Crippen LogP contribution in [0.1, 0.15) is 22.1 Å². The Hall–Kier alpha value is -0.570. The van der Waals surface area contributed by atoms with Gasteiger partial charge in [0.15, 0.2) is 0 Å². The van der Waals surface area contributed by atoms with Gasteiger partial charge in [-0.1, -0.05) is 23.7 Å². The molecule has 2 aromatic rings. The fourth-order valence-electron chi connectivity index (χ4n) is 1.77. The van der Waals surface area contributed by atoms with Crippen LogP contribution in [0.4, 0.5) is 4.39 Å². The van der Waals surface area contributed by atoms with Crippen LogP contribution in [-0.2, 0) is 0 Å². The number of aryl methyl sites for hydroxylation is 1. The van der Waals surface area contributed by atoms with Crippen LogP contribution in [0.3, 0.4) is 0 Å². The molecule has 0 aromatic heterocycles. The zero-order valence-electron chi connectivity index (χ0n) is 9.55. The Morgan fingerprint density at radius 2 is 1.89 bits per heavy atom. The predicted octanol–water partition coefficient (Wildman–Crippen LogP) is 5.88. The van der Waals surface area contributed by atoms with Gasteiger partial charge in [0.25, 0.3) is 0 Å². The lowest BCUT2D eigenvalue weighted by Gasteiger charge is -2.14. The molecule has 1 unspecified atom stereocenters. The molecule has 0 nitrogen and oxygen atoms in total. The van der Waals surface area contributed by atoms with Crippen LogP contribution >= 0.6 is 39.1 Å². The van der Waals surface area contributed by atoms with Crippen molar-refractivity contribution in [1.29, 1.82) is 0 Å². The van der Waals surface area contributed by atoms with Crippen LogP contribution in [-0.4, -0.2) is 0 Å². The molecule has 0 N–H and O–H groups in total. The second kappa shape index (κ2) is 5.60. The number of halogens is 4. The number of hydrogen-bond donors (Lipinski definition) is 0. The minimum atomic E-state index is -0.320. The molecule has 2 aromatic carbocycles. The Labute approximate surface area is 124 Å². The van der Waals surface area contributed by atoms with Gasteiger partial charge >= 0.3 is 0 Å². The van der Waals surface area contributed by atoms with Crippen molar-refractivity contribution >= 4 is 39.1 Å². The van der Waals surface area contributed by atoms with Crippen molar-refractivity contribution in [2.24, 2.45) is 0 Å². The van der Waals surface area contributed by atoms with E-state index in [4.69, 9.17) is 23.2 Å². The standard InChI is InChI=1S/C14H10BrCl2F/c1-8-6-10(16)3-4-11(8)14(17)9-2-5-13(18)12(15)7-9/h2-7,14H,1H3. The van der Waals surface area contributed by atoms with Crippen molar-refractivity contribution in [2.45, 2.75) is 12.3 Å². The fraction of sp³-hybridized carbons (Fsp3) is 0.143. The second-order valence-electron chi connectivity index (χ2n) is 4.04. The zero-order chi connectivity index (χ0) is 13.3. The van der Waals surface area contributed by atoms with Gasteiger partial charge in [0.05, 0.1) is 9.85 Å². The molecular weight excluding hydrogens is 338 g/mol. The second-order valence-corrected chi connectivity index (χ2v) is 5.76. The molecule has 0 aliphatic carbocycles.